The van der Waals surface area contributed by atoms with E-state index in [1.807, 2.05) is 0 Å². The summed E-state index contributed by atoms with van der Waals surface area (Å²) in [6, 6.07) is 0. The summed E-state index contributed by atoms with van der Waals surface area (Å²) >= 11 is 0. The summed E-state index contributed by atoms with van der Waals surface area (Å²) in [6.45, 7) is 4.51. The fraction of sp³-hybridized carbons (Fsp3) is 0.850. The highest BCUT2D eigenvalue weighted by Crippen LogP contribution is 2.19. The second-order valence-corrected chi connectivity index (χ2v) is 13.1. The van der Waals surface area contributed by atoms with Gasteiger partial charge >= 0.3 is 11.9 Å². The van der Waals surface area contributed by atoms with Gasteiger partial charge in [-0.2, -0.15) is 0 Å². The van der Waals surface area contributed by atoms with Crippen molar-refractivity contribution < 1.29 is 19.4 Å². The van der Waals surface area contributed by atoms with Crippen molar-refractivity contribution in [1.82, 2.24) is 0 Å². The Balaban J connectivity index is 4.06. The summed E-state index contributed by atoms with van der Waals surface area (Å²) in [6.07, 6.45) is 44.7. The van der Waals surface area contributed by atoms with Crippen LogP contribution in [-0.4, -0.2) is 23.1 Å². The molecule has 0 spiro atoms. The number of hydrogen-bond acceptors (Lipinski definition) is 3. The largest absolute Gasteiger partial charge is 0.481 e. The Morgan fingerprint density at radius 3 is 1.41 bits per heavy atom. The number of carbonyl (C=O) groups excluding carboxylic acids is 1. The van der Waals surface area contributed by atoms with Gasteiger partial charge in [0.05, 0.1) is 0 Å². The fourth-order valence-electron chi connectivity index (χ4n) is 5.79. The number of ether oxygens (including phenoxy) is 1. The van der Waals surface area contributed by atoms with E-state index in [0.29, 0.717) is 6.42 Å². The van der Waals surface area contributed by atoms with Gasteiger partial charge in [0.1, 0.15) is 6.10 Å². The minimum absolute atomic E-state index is 0.00896. The molecule has 1 unspecified atom stereocenters. The minimum Gasteiger partial charge on any atom is -0.481 e. The monoisotopic (exact) mass is 619 g/mol. The molecule has 1 atom stereocenters. The van der Waals surface area contributed by atoms with Gasteiger partial charge in [-0.25, -0.2) is 0 Å². The molecule has 0 aliphatic heterocycles. The Hall–Kier alpha value is -1.58. The van der Waals surface area contributed by atoms with E-state index in [4.69, 9.17) is 9.84 Å². The minimum atomic E-state index is -0.701. The van der Waals surface area contributed by atoms with Crippen LogP contribution in [0.25, 0.3) is 0 Å². The van der Waals surface area contributed by atoms with Crippen molar-refractivity contribution in [3.05, 3.63) is 24.3 Å². The molecule has 0 saturated heterocycles. The van der Waals surface area contributed by atoms with E-state index in [2.05, 4.69) is 38.2 Å². The van der Waals surface area contributed by atoms with Gasteiger partial charge < -0.3 is 9.84 Å². The number of carboxylic acid groups (broad SMARTS) is 1. The molecule has 1 N–H and O–H groups in total. The fourth-order valence-corrected chi connectivity index (χ4v) is 5.79. The highest BCUT2D eigenvalue weighted by atomic mass is 16.5. The summed E-state index contributed by atoms with van der Waals surface area (Å²) in [4.78, 5) is 23.3. The van der Waals surface area contributed by atoms with E-state index in [0.717, 1.165) is 77.0 Å². The zero-order valence-corrected chi connectivity index (χ0v) is 29.5. The van der Waals surface area contributed by atoms with Crippen molar-refractivity contribution in [2.75, 3.05) is 0 Å². The van der Waals surface area contributed by atoms with Crippen molar-refractivity contribution in [3.63, 3.8) is 0 Å². The molecule has 0 rings (SSSR count). The van der Waals surface area contributed by atoms with Crippen molar-refractivity contribution >= 4 is 11.9 Å². The van der Waals surface area contributed by atoms with E-state index >= 15 is 0 Å². The van der Waals surface area contributed by atoms with Crippen molar-refractivity contribution in [3.8, 4) is 0 Å². The van der Waals surface area contributed by atoms with Crippen LogP contribution in [0.3, 0.4) is 0 Å². The highest BCUT2D eigenvalue weighted by Gasteiger charge is 2.14. The molecule has 0 fully saturated rings. The Labute approximate surface area is 274 Å². The molecule has 0 aliphatic carbocycles. The molecule has 4 heteroatoms. The molecule has 0 aromatic heterocycles. The van der Waals surface area contributed by atoms with Crippen LogP contribution in [0.4, 0.5) is 0 Å². The average Bonchev–Trinajstić information content (AvgIpc) is 3.00. The van der Waals surface area contributed by atoms with Crippen molar-refractivity contribution in [1.29, 1.82) is 0 Å². The number of carbonyl (C=O) groups is 2. The molecule has 44 heavy (non-hydrogen) atoms. The van der Waals surface area contributed by atoms with Gasteiger partial charge in [-0.3, -0.25) is 9.59 Å². The van der Waals surface area contributed by atoms with Crippen LogP contribution in [0.2, 0.25) is 0 Å². The lowest BCUT2D eigenvalue weighted by Gasteiger charge is -2.18. The lowest BCUT2D eigenvalue weighted by atomic mass is 10.0. The number of hydrogen-bond donors (Lipinski definition) is 1. The van der Waals surface area contributed by atoms with Crippen LogP contribution >= 0.6 is 0 Å². The van der Waals surface area contributed by atoms with Crippen LogP contribution in [-0.2, 0) is 14.3 Å². The predicted molar refractivity (Wildman–Crippen MR) is 190 cm³/mol. The lowest BCUT2D eigenvalue weighted by Crippen LogP contribution is -2.18. The van der Waals surface area contributed by atoms with Gasteiger partial charge in [-0.05, 0) is 64.2 Å². The Bertz CT molecular complexity index is 668. The lowest BCUT2D eigenvalue weighted by molar-refractivity contribution is -0.150. The molecular weight excluding hydrogens is 544 g/mol. The van der Waals surface area contributed by atoms with Crippen molar-refractivity contribution in [2.24, 2.45) is 0 Å². The topological polar surface area (TPSA) is 63.6 Å². The second kappa shape index (κ2) is 35.9. The Kier molecular flexibility index (Phi) is 34.6. The molecule has 0 heterocycles. The smallest absolute Gasteiger partial charge is 0.306 e. The third-order valence-electron chi connectivity index (χ3n) is 8.68. The van der Waals surface area contributed by atoms with Crippen LogP contribution in [0.5, 0.6) is 0 Å². The highest BCUT2D eigenvalue weighted by molar-refractivity contribution is 5.69. The zero-order valence-electron chi connectivity index (χ0n) is 29.5. The molecule has 0 aliphatic rings. The number of aliphatic carboxylic acids is 1. The summed E-state index contributed by atoms with van der Waals surface area (Å²) in [5.41, 5.74) is 0. The first-order valence-electron chi connectivity index (χ1n) is 19.3. The summed E-state index contributed by atoms with van der Waals surface area (Å²) in [5.74, 6) is -0.710. The summed E-state index contributed by atoms with van der Waals surface area (Å²) in [5, 5.41) is 8.81. The SMILES string of the molecule is CCCC/C=C\C/C=C\CCCCCCCC(=O)OC(CCCCCCCCCCCCCC)CCCCCCCC(=O)O. The third-order valence-corrected chi connectivity index (χ3v) is 8.68. The first-order valence-corrected chi connectivity index (χ1v) is 19.3. The van der Waals surface area contributed by atoms with Gasteiger partial charge in [0.25, 0.3) is 0 Å². The molecule has 0 radical (unpaired) electrons. The van der Waals surface area contributed by atoms with Crippen LogP contribution in [0.1, 0.15) is 213 Å². The molecule has 258 valence electrons. The van der Waals surface area contributed by atoms with Crippen LogP contribution in [0, 0.1) is 0 Å². The van der Waals surface area contributed by atoms with Crippen LogP contribution < -0.4 is 0 Å². The van der Waals surface area contributed by atoms with Gasteiger partial charge in [0, 0.05) is 12.8 Å². The van der Waals surface area contributed by atoms with E-state index in [1.54, 1.807) is 0 Å². The standard InChI is InChI=1S/C40H74O4/c1-3-5-7-9-11-13-15-17-18-20-22-24-29-33-37-40(43)44-38(35-31-27-25-28-32-36-39(41)42)34-30-26-23-21-19-16-14-12-10-8-6-4-2/h9,11,15,17,38H,3-8,10,12-14,16,18-37H2,1-2H3,(H,41,42)/b11-9-,17-15-. The number of allylic oxidation sites excluding steroid dienone is 4. The average molecular weight is 619 g/mol. The number of esters is 1. The van der Waals surface area contributed by atoms with E-state index < -0.39 is 5.97 Å². The molecule has 0 saturated carbocycles. The molecule has 0 amide bonds. The van der Waals surface area contributed by atoms with E-state index in [9.17, 15) is 9.59 Å². The predicted octanol–water partition coefficient (Wildman–Crippen LogP) is 13.2. The maximum Gasteiger partial charge on any atom is 0.306 e. The van der Waals surface area contributed by atoms with E-state index in [1.165, 1.54) is 109 Å². The molecule has 0 bridgehead atoms. The Morgan fingerprint density at radius 1 is 0.500 bits per heavy atom. The second-order valence-electron chi connectivity index (χ2n) is 13.1. The van der Waals surface area contributed by atoms with Crippen molar-refractivity contribution in [2.45, 2.75) is 219 Å². The molecule has 0 aromatic carbocycles. The molecule has 0 aromatic rings. The third kappa shape index (κ3) is 34.9. The van der Waals surface area contributed by atoms with Crippen LogP contribution in [0.15, 0.2) is 24.3 Å². The summed E-state index contributed by atoms with van der Waals surface area (Å²) < 4.78 is 5.99. The maximum absolute atomic E-state index is 12.6. The zero-order chi connectivity index (χ0) is 32.2. The van der Waals surface area contributed by atoms with E-state index in [-0.39, 0.29) is 18.5 Å². The first-order chi connectivity index (χ1) is 21.6. The van der Waals surface area contributed by atoms with Gasteiger partial charge in [0.2, 0.25) is 0 Å². The molecule has 4 nitrogen and oxygen atoms in total. The van der Waals surface area contributed by atoms with Gasteiger partial charge in [-0.1, -0.05) is 160 Å². The number of unbranched alkanes of at least 4 members (excludes halogenated alkanes) is 22. The summed E-state index contributed by atoms with van der Waals surface area (Å²) in [7, 11) is 0. The number of rotatable bonds is 35. The van der Waals surface area contributed by atoms with Gasteiger partial charge in [0.15, 0.2) is 0 Å². The maximum atomic E-state index is 12.6. The number of carboxylic acids is 1. The molecular formula is C40H74O4. The quantitative estimate of drug-likeness (QED) is 0.0436. The first kappa shape index (κ1) is 42.4. The van der Waals surface area contributed by atoms with Gasteiger partial charge in [-0.15, -0.1) is 0 Å². The normalized spacial score (nSPS) is 12.4. The Morgan fingerprint density at radius 2 is 0.909 bits per heavy atom.